The highest BCUT2D eigenvalue weighted by molar-refractivity contribution is 8.13. The standard InChI is InChI=1S/C13H15N5O2S2/c1-3-11(21)14-9-6-5-7-10(8-9)18-12(15-16-17-18)22-13(19)20-4-2/h5-8H,3-4H2,1-2H3,(H,14,21). The maximum Gasteiger partial charge on any atom is 0.375 e. The van der Waals surface area contributed by atoms with Gasteiger partial charge >= 0.3 is 5.30 Å². The van der Waals surface area contributed by atoms with Gasteiger partial charge in [0.2, 0.25) is 5.16 Å². The van der Waals surface area contributed by atoms with Gasteiger partial charge in [-0.05, 0) is 42.0 Å². The highest BCUT2D eigenvalue weighted by Crippen LogP contribution is 2.22. The highest BCUT2D eigenvalue weighted by Gasteiger charge is 2.15. The Morgan fingerprint density at radius 3 is 3.00 bits per heavy atom. The van der Waals surface area contributed by atoms with Gasteiger partial charge in [0.25, 0.3) is 0 Å². The number of rotatable bonds is 5. The van der Waals surface area contributed by atoms with E-state index in [4.69, 9.17) is 17.0 Å². The summed E-state index contributed by atoms with van der Waals surface area (Å²) in [6, 6.07) is 7.45. The molecule has 0 unspecified atom stereocenters. The Balaban J connectivity index is 2.22. The molecule has 1 heterocycles. The van der Waals surface area contributed by atoms with E-state index in [9.17, 15) is 4.79 Å². The van der Waals surface area contributed by atoms with Crippen molar-refractivity contribution < 1.29 is 9.53 Å². The number of hydrogen-bond donors (Lipinski definition) is 1. The van der Waals surface area contributed by atoms with Gasteiger partial charge in [0.15, 0.2) is 0 Å². The van der Waals surface area contributed by atoms with E-state index in [0.29, 0.717) is 11.8 Å². The SMILES string of the molecule is CCOC(=O)Sc1nnnn1-c1cccc(NC(=S)CC)c1. The molecule has 7 nitrogen and oxygen atoms in total. The van der Waals surface area contributed by atoms with Crippen molar-refractivity contribution in [2.75, 3.05) is 11.9 Å². The first kappa shape index (κ1) is 16.4. The van der Waals surface area contributed by atoms with Crippen LogP contribution in [-0.2, 0) is 4.74 Å². The molecule has 1 N–H and O–H groups in total. The number of thioether (sulfide) groups is 1. The molecule has 0 amide bonds. The van der Waals surface area contributed by atoms with Crippen molar-refractivity contribution in [1.29, 1.82) is 0 Å². The summed E-state index contributed by atoms with van der Waals surface area (Å²) in [6.45, 7) is 4.03. The molecule has 0 aliphatic rings. The molecule has 2 rings (SSSR count). The van der Waals surface area contributed by atoms with Crippen molar-refractivity contribution in [2.24, 2.45) is 0 Å². The second-order valence-electron chi connectivity index (χ2n) is 4.11. The predicted molar refractivity (Wildman–Crippen MR) is 88.5 cm³/mol. The first-order valence-electron chi connectivity index (χ1n) is 6.67. The zero-order chi connectivity index (χ0) is 15.9. The van der Waals surface area contributed by atoms with Gasteiger partial charge in [-0.1, -0.05) is 25.2 Å². The van der Waals surface area contributed by atoms with Crippen LogP contribution in [0.3, 0.4) is 0 Å². The molecule has 0 fully saturated rings. The van der Waals surface area contributed by atoms with Gasteiger partial charge in [-0.2, -0.15) is 4.68 Å². The van der Waals surface area contributed by atoms with Crippen LogP contribution in [0.4, 0.5) is 10.5 Å². The topological polar surface area (TPSA) is 81.9 Å². The van der Waals surface area contributed by atoms with Crippen molar-refractivity contribution in [2.45, 2.75) is 25.4 Å². The Morgan fingerprint density at radius 1 is 1.45 bits per heavy atom. The van der Waals surface area contributed by atoms with Crippen molar-refractivity contribution >= 4 is 40.0 Å². The molecule has 0 atom stereocenters. The number of hydrogen-bond acceptors (Lipinski definition) is 7. The van der Waals surface area contributed by atoms with Gasteiger partial charge < -0.3 is 10.1 Å². The molecule has 0 saturated heterocycles. The molecule has 1 aromatic carbocycles. The maximum absolute atomic E-state index is 11.5. The van der Waals surface area contributed by atoms with Crippen molar-refractivity contribution in [1.82, 2.24) is 20.2 Å². The van der Waals surface area contributed by atoms with Crippen molar-refractivity contribution in [3.05, 3.63) is 24.3 Å². The Hall–Kier alpha value is -2.00. The summed E-state index contributed by atoms with van der Waals surface area (Å²) in [7, 11) is 0. The van der Waals surface area contributed by atoms with Gasteiger partial charge in [0.05, 0.1) is 17.3 Å². The van der Waals surface area contributed by atoms with Crippen LogP contribution in [0.15, 0.2) is 29.4 Å². The lowest BCUT2D eigenvalue weighted by atomic mass is 10.2. The Morgan fingerprint density at radius 2 is 2.27 bits per heavy atom. The first-order valence-corrected chi connectivity index (χ1v) is 7.89. The molecule has 2 aromatic rings. The fourth-order valence-corrected chi connectivity index (χ4v) is 2.34. The van der Waals surface area contributed by atoms with Gasteiger partial charge in [-0.25, -0.2) is 4.79 Å². The van der Waals surface area contributed by atoms with Crippen LogP contribution < -0.4 is 5.32 Å². The second-order valence-corrected chi connectivity index (χ2v) is 5.51. The molecule has 0 aliphatic carbocycles. The Labute approximate surface area is 137 Å². The minimum atomic E-state index is -0.444. The largest absolute Gasteiger partial charge is 0.458 e. The number of thiocarbonyl (C=S) groups is 1. The lowest BCUT2D eigenvalue weighted by Crippen LogP contribution is -2.08. The van der Waals surface area contributed by atoms with Crippen molar-refractivity contribution in [3.63, 3.8) is 0 Å². The van der Waals surface area contributed by atoms with E-state index in [1.807, 2.05) is 31.2 Å². The molecular weight excluding hydrogens is 322 g/mol. The van der Waals surface area contributed by atoms with E-state index in [2.05, 4.69) is 20.8 Å². The third kappa shape index (κ3) is 4.25. The van der Waals surface area contributed by atoms with Crippen LogP contribution in [0.5, 0.6) is 0 Å². The monoisotopic (exact) mass is 337 g/mol. The molecule has 0 bridgehead atoms. The molecule has 1 aromatic heterocycles. The Bertz CT molecular complexity index is 674. The summed E-state index contributed by atoms with van der Waals surface area (Å²) in [5.41, 5.74) is 1.56. The summed E-state index contributed by atoms with van der Waals surface area (Å²) in [6.07, 6.45) is 0.758. The third-order valence-corrected chi connectivity index (χ3v) is 3.69. The van der Waals surface area contributed by atoms with E-state index in [0.717, 1.165) is 34.5 Å². The minimum absolute atomic E-state index is 0.307. The van der Waals surface area contributed by atoms with E-state index < -0.39 is 5.30 Å². The smallest absolute Gasteiger partial charge is 0.375 e. The van der Waals surface area contributed by atoms with Crippen LogP contribution in [-0.4, -0.2) is 37.1 Å². The molecule has 9 heteroatoms. The molecule has 0 saturated carbocycles. The number of nitrogens with one attached hydrogen (secondary N) is 1. The molecule has 0 aliphatic heterocycles. The predicted octanol–water partition coefficient (Wildman–Crippen LogP) is 3.06. The van der Waals surface area contributed by atoms with E-state index in [-0.39, 0.29) is 0 Å². The average molecular weight is 337 g/mol. The molecule has 22 heavy (non-hydrogen) atoms. The van der Waals surface area contributed by atoms with Crippen LogP contribution in [0.25, 0.3) is 5.69 Å². The minimum Gasteiger partial charge on any atom is -0.458 e. The molecule has 0 radical (unpaired) electrons. The summed E-state index contributed by atoms with van der Waals surface area (Å²) < 4.78 is 6.36. The zero-order valence-corrected chi connectivity index (χ0v) is 13.8. The molecule has 0 spiro atoms. The number of ether oxygens (including phenoxy) is 1. The number of carbonyl (C=O) groups is 1. The number of benzene rings is 1. The van der Waals surface area contributed by atoms with Gasteiger partial charge in [0.1, 0.15) is 0 Å². The summed E-state index contributed by atoms with van der Waals surface area (Å²) in [4.78, 5) is 12.3. The molecular formula is C13H15N5O2S2. The van der Waals surface area contributed by atoms with Crippen LogP contribution in [0.2, 0.25) is 0 Å². The quantitative estimate of drug-likeness (QED) is 0.506. The normalized spacial score (nSPS) is 10.3. The van der Waals surface area contributed by atoms with Gasteiger partial charge in [-0.15, -0.1) is 5.10 Å². The molecule has 116 valence electrons. The number of aromatic nitrogens is 4. The second kappa shape index (κ2) is 7.85. The first-order chi connectivity index (χ1) is 10.6. The van der Waals surface area contributed by atoms with E-state index >= 15 is 0 Å². The Kier molecular flexibility index (Phi) is 5.84. The fraction of sp³-hybridized carbons (Fsp3) is 0.308. The lowest BCUT2D eigenvalue weighted by molar-refractivity contribution is 0.181. The number of nitrogens with zero attached hydrogens (tertiary/aromatic N) is 4. The van der Waals surface area contributed by atoms with Crippen LogP contribution in [0, 0.1) is 0 Å². The van der Waals surface area contributed by atoms with E-state index in [1.54, 1.807) is 6.92 Å². The van der Waals surface area contributed by atoms with Crippen LogP contribution >= 0.6 is 24.0 Å². The van der Waals surface area contributed by atoms with Gasteiger partial charge in [0, 0.05) is 17.4 Å². The van der Waals surface area contributed by atoms with Crippen LogP contribution in [0.1, 0.15) is 20.3 Å². The average Bonchev–Trinajstić information content (AvgIpc) is 2.95. The summed E-state index contributed by atoms with van der Waals surface area (Å²) in [5.74, 6) is 0. The van der Waals surface area contributed by atoms with Crippen molar-refractivity contribution in [3.8, 4) is 5.69 Å². The summed E-state index contributed by atoms with van der Waals surface area (Å²) >= 11 is 6.01. The number of tetrazole rings is 1. The van der Waals surface area contributed by atoms with E-state index in [1.165, 1.54) is 4.68 Å². The number of anilines is 1. The lowest BCUT2D eigenvalue weighted by Gasteiger charge is -2.08. The highest BCUT2D eigenvalue weighted by atomic mass is 32.2. The zero-order valence-electron chi connectivity index (χ0n) is 12.1. The summed E-state index contributed by atoms with van der Waals surface area (Å²) in [5, 5.41) is 14.4. The number of carbonyl (C=O) groups excluding carboxylic acids is 1. The maximum atomic E-state index is 11.5. The fourth-order valence-electron chi connectivity index (χ4n) is 1.59. The van der Waals surface area contributed by atoms with Gasteiger partial charge in [-0.3, -0.25) is 0 Å². The third-order valence-electron chi connectivity index (χ3n) is 2.57.